The molecule has 1 aliphatic rings. The van der Waals surface area contributed by atoms with Gasteiger partial charge in [-0.05, 0) is 12.8 Å². The Labute approximate surface area is 102 Å². The summed E-state index contributed by atoms with van der Waals surface area (Å²) in [4.78, 5) is 21.5. The van der Waals surface area contributed by atoms with Crippen molar-refractivity contribution in [1.82, 2.24) is 9.97 Å². The van der Waals surface area contributed by atoms with E-state index in [9.17, 15) is 4.79 Å². The van der Waals surface area contributed by atoms with Gasteiger partial charge in [-0.15, -0.1) is 11.3 Å². The summed E-state index contributed by atoms with van der Waals surface area (Å²) in [6, 6.07) is 0.545. The van der Waals surface area contributed by atoms with Crippen LogP contribution in [0.2, 0.25) is 0 Å². The van der Waals surface area contributed by atoms with E-state index >= 15 is 0 Å². The highest BCUT2D eigenvalue weighted by molar-refractivity contribution is 7.18. The fourth-order valence-electron chi connectivity index (χ4n) is 1.88. The molecule has 1 aliphatic carbocycles. The monoisotopic (exact) mass is 249 g/mol. The summed E-state index contributed by atoms with van der Waals surface area (Å²) in [5, 5.41) is 10.7. The predicted molar refractivity (Wildman–Crippen MR) is 65.8 cm³/mol. The number of hydrogen-bond donors (Lipinski definition) is 1. The second-order valence-corrected chi connectivity index (χ2v) is 5.05. The van der Waals surface area contributed by atoms with E-state index in [0.29, 0.717) is 11.6 Å². The second kappa shape index (κ2) is 3.66. The summed E-state index contributed by atoms with van der Waals surface area (Å²) in [6.45, 7) is 0. The third-order valence-electron chi connectivity index (χ3n) is 2.99. The summed E-state index contributed by atoms with van der Waals surface area (Å²) < 4.78 is 0.860. The largest absolute Gasteiger partial charge is 0.478 e. The zero-order valence-corrected chi connectivity index (χ0v) is 10.1. The van der Waals surface area contributed by atoms with Crippen molar-refractivity contribution >= 4 is 33.3 Å². The lowest BCUT2D eigenvalue weighted by Gasteiger charge is -2.17. The maximum Gasteiger partial charge on any atom is 0.338 e. The summed E-state index contributed by atoms with van der Waals surface area (Å²) in [5.41, 5.74) is 0.804. The first-order chi connectivity index (χ1) is 8.18. The highest BCUT2D eigenvalue weighted by atomic mass is 32.1. The number of hydrogen-bond acceptors (Lipinski definition) is 5. The third kappa shape index (κ3) is 1.64. The number of aromatic nitrogens is 2. The van der Waals surface area contributed by atoms with Gasteiger partial charge in [0.15, 0.2) is 0 Å². The van der Waals surface area contributed by atoms with Gasteiger partial charge >= 0.3 is 5.97 Å². The Hall–Kier alpha value is -1.69. The molecule has 2 aromatic rings. The van der Waals surface area contributed by atoms with Crippen LogP contribution in [-0.4, -0.2) is 34.1 Å². The van der Waals surface area contributed by atoms with Gasteiger partial charge in [-0.2, -0.15) is 0 Å². The van der Waals surface area contributed by atoms with Gasteiger partial charge in [0, 0.05) is 18.5 Å². The van der Waals surface area contributed by atoms with Crippen LogP contribution in [-0.2, 0) is 0 Å². The normalized spacial score (nSPS) is 15.1. The van der Waals surface area contributed by atoms with Crippen LogP contribution in [0.4, 0.5) is 5.82 Å². The highest BCUT2D eigenvalue weighted by Crippen LogP contribution is 2.35. The molecule has 0 atom stereocenters. The maximum atomic E-state index is 11.0. The van der Waals surface area contributed by atoms with Gasteiger partial charge in [-0.1, -0.05) is 0 Å². The predicted octanol–water partition coefficient (Wildman–Crippen LogP) is 1.99. The quantitative estimate of drug-likeness (QED) is 0.901. The van der Waals surface area contributed by atoms with Gasteiger partial charge in [0.05, 0.1) is 10.3 Å². The van der Waals surface area contributed by atoms with Crippen molar-refractivity contribution in [3.05, 3.63) is 17.3 Å². The van der Waals surface area contributed by atoms with Crippen LogP contribution in [0.1, 0.15) is 23.2 Å². The molecular weight excluding hydrogens is 238 g/mol. The third-order valence-corrected chi connectivity index (χ3v) is 3.96. The molecule has 0 bridgehead atoms. The molecule has 5 nitrogen and oxygen atoms in total. The summed E-state index contributed by atoms with van der Waals surface area (Å²) in [6.07, 6.45) is 3.80. The van der Waals surface area contributed by atoms with E-state index < -0.39 is 5.97 Å². The fraction of sp³-hybridized carbons (Fsp3) is 0.364. The Balaban J connectivity index is 2.16. The van der Waals surface area contributed by atoms with E-state index in [0.717, 1.165) is 10.5 Å². The van der Waals surface area contributed by atoms with Gasteiger partial charge in [0.2, 0.25) is 0 Å². The molecule has 0 aliphatic heterocycles. The Kier molecular flexibility index (Phi) is 2.25. The van der Waals surface area contributed by atoms with Crippen LogP contribution in [0, 0.1) is 0 Å². The molecule has 2 aromatic heterocycles. The van der Waals surface area contributed by atoms with Crippen molar-refractivity contribution in [2.75, 3.05) is 11.9 Å². The van der Waals surface area contributed by atoms with E-state index in [1.807, 2.05) is 7.05 Å². The maximum absolute atomic E-state index is 11.0. The molecule has 88 valence electrons. The van der Waals surface area contributed by atoms with Crippen molar-refractivity contribution < 1.29 is 9.90 Å². The number of fused-ring (bicyclic) bond motifs is 1. The number of anilines is 1. The Bertz CT molecular complexity index is 591. The average molecular weight is 249 g/mol. The van der Waals surface area contributed by atoms with Crippen LogP contribution in [0.25, 0.3) is 10.2 Å². The van der Waals surface area contributed by atoms with E-state index in [1.165, 1.54) is 30.5 Å². The number of carboxylic acids is 1. The van der Waals surface area contributed by atoms with E-state index in [2.05, 4.69) is 14.9 Å². The molecule has 6 heteroatoms. The zero-order valence-electron chi connectivity index (χ0n) is 9.25. The van der Waals surface area contributed by atoms with E-state index in [4.69, 9.17) is 5.11 Å². The Morgan fingerprint density at radius 1 is 1.53 bits per heavy atom. The number of thiophene rings is 1. The number of carboxylic acid groups (broad SMARTS) is 1. The van der Waals surface area contributed by atoms with E-state index in [1.54, 1.807) is 5.38 Å². The van der Waals surface area contributed by atoms with Gasteiger partial charge < -0.3 is 10.0 Å². The minimum atomic E-state index is -0.935. The van der Waals surface area contributed by atoms with Gasteiger partial charge in [-0.3, -0.25) is 0 Å². The molecule has 3 rings (SSSR count). The smallest absolute Gasteiger partial charge is 0.338 e. The number of nitrogens with zero attached hydrogens (tertiary/aromatic N) is 3. The average Bonchev–Trinajstić information content (AvgIpc) is 3.06. The lowest BCUT2D eigenvalue weighted by atomic mass is 10.3. The Morgan fingerprint density at radius 3 is 2.94 bits per heavy atom. The first kappa shape index (κ1) is 10.5. The molecule has 0 saturated heterocycles. The number of aromatic carboxylic acids is 1. The molecule has 1 N–H and O–H groups in total. The molecule has 0 radical (unpaired) electrons. The van der Waals surface area contributed by atoms with Crippen molar-refractivity contribution in [3.8, 4) is 0 Å². The topological polar surface area (TPSA) is 66.3 Å². The van der Waals surface area contributed by atoms with Crippen LogP contribution >= 0.6 is 11.3 Å². The molecule has 0 unspecified atom stereocenters. The molecule has 1 saturated carbocycles. The van der Waals surface area contributed by atoms with Crippen LogP contribution in [0.5, 0.6) is 0 Å². The zero-order chi connectivity index (χ0) is 12.0. The highest BCUT2D eigenvalue weighted by Gasteiger charge is 2.29. The van der Waals surface area contributed by atoms with Gasteiger partial charge in [0.1, 0.15) is 17.7 Å². The Morgan fingerprint density at radius 2 is 2.29 bits per heavy atom. The number of rotatable bonds is 3. The summed E-state index contributed by atoms with van der Waals surface area (Å²) in [7, 11) is 2.00. The SMILES string of the molecule is CN(c1ncnc2c(C(=O)O)csc12)C1CC1. The minimum absolute atomic E-state index is 0.262. The summed E-state index contributed by atoms with van der Waals surface area (Å²) >= 11 is 1.39. The minimum Gasteiger partial charge on any atom is -0.478 e. The van der Waals surface area contributed by atoms with Crippen LogP contribution in [0.3, 0.4) is 0 Å². The van der Waals surface area contributed by atoms with E-state index in [-0.39, 0.29) is 5.56 Å². The molecular formula is C11H11N3O2S. The standard InChI is InChI=1S/C11H11N3O2S/c1-14(6-2-3-6)10-9-8(12-5-13-10)7(4-17-9)11(15)16/h4-6H,2-3H2,1H3,(H,15,16). The van der Waals surface area contributed by atoms with Crippen molar-refractivity contribution in [2.24, 2.45) is 0 Å². The molecule has 0 amide bonds. The lowest BCUT2D eigenvalue weighted by Crippen LogP contribution is -2.20. The van der Waals surface area contributed by atoms with Gasteiger partial charge in [-0.25, -0.2) is 14.8 Å². The van der Waals surface area contributed by atoms with Crippen molar-refractivity contribution in [3.63, 3.8) is 0 Å². The second-order valence-electron chi connectivity index (χ2n) is 4.17. The number of carbonyl (C=O) groups is 1. The first-order valence-corrected chi connectivity index (χ1v) is 6.25. The molecule has 0 aromatic carbocycles. The molecule has 1 fully saturated rings. The molecule has 17 heavy (non-hydrogen) atoms. The summed E-state index contributed by atoms with van der Waals surface area (Å²) in [5.74, 6) is -0.0926. The van der Waals surface area contributed by atoms with Crippen molar-refractivity contribution in [1.29, 1.82) is 0 Å². The molecule has 0 spiro atoms. The molecule has 2 heterocycles. The van der Waals surface area contributed by atoms with Gasteiger partial charge in [0.25, 0.3) is 0 Å². The van der Waals surface area contributed by atoms with Crippen LogP contribution in [0.15, 0.2) is 11.7 Å². The van der Waals surface area contributed by atoms with Crippen molar-refractivity contribution in [2.45, 2.75) is 18.9 Å². The first-order valence-electron chi connectivity index (χ1n) is 5.37. The lowest BCUT2D eigenvalue weighted by molar-refractivity contribution is 0.0699. The fourth-order valence-corrected chi connectivity index (χ4v) is 2.90. The van der Waals surface area contributed by atoms with Crippen LogP contribution < -0.4 is 4.90 Å².